The number of nitrogens with zero attached hydrogens (tertiary/aromatic N) is 2. The van der Waals surface area contributed by atoms with Crippen molar-refractivity contribution in [2.75, 3.05) is 4.90 Å². The van der Waals surface area contributed by atoms with E-state index in [0.717, 1.165) is 33.8 Å². The molecule has 4 rings (SSSR count). The average Bonchev–Trinajstić information content (AvgIpc) is 2.91. The first-order valence-electron chi connectivity index (χ1n) is 10.9. The number of carbonyl (C=O) groups is 2. The highest BCUT2D eigenvalue weighted by Gasteiger charge is 2.34. The summed E-state index contributed by atoms with van der Waals surface area (Å²) >= 11 is 11.0. The first-order valence-corrected chi connectivity index (χ1v) is 13.9. The van der Waals surface area contributed by atoms with Crippen LogP contribution in [0, 0.1) is 4.77 Å². The lowest BCUT2D eigenvalue weighted by Crippen LogP contribution is -2.54. The highest BCUT2D eigenvalue weighted by Crippen LogP contribution is 2.26. The van der Waals surface area contributed by atoms with Gasteiger partial charge in [0.15, 0.2) is 9.88 Å². The van der Waals surface area contributed by atoms with Crippen LogP contribution in [0.2, 0.25) is 0 Å². The number of aromatic nitrogens is 2. The van der Waals surface area contributed by atoms with Crippen molar-refractivity contribution in [2.24, 2.45) is 0 Å². The van der Waals surface area contributed by atoms with Crippen LogP contribution in [0.5, 0.6) is 5.88 Å². The molecule has 1 saturated heterocycles. The van der Waals surface area contributed by atoms with Crippen molar-refractivity contribution in [1.29, 1.82) is 0 Å². The quantitative estimate of drug-likeness (QED) is 0.0460. The van der Waals surface area contributed by atoms with Gasteiger partial charge in [-0.15, -0.1) is 4.33 Å². The average molecular weight is 637 g/mol. The number of rotatable bonds is 8. The molecule has 14 nitrogen and oxygen atoms in total. The Morgan fingerprint density at radius 2 is 1.61 bits per heavy atom. The fourth-order valence-corrected chi connectivity index (χ4v) is 4.95. The van der Waals surface area contributed by atoms with Crippen LogP contribution in [-0.2, 0) is 29.1 Å². The van der Waals surface area contributed by atoms with E-state index in [-0.39, 0.29) is 26.7 Å². The molecule has 2 aromatic carbocycles. The Morgan fingerprint density at radius 1 is 0.976 bits per heavy atom. The Balaban J connectivity index is 1.65. The molecular weight excluding hydrogens is 621 g/mol. The van der Waals surface area contributed by atoms with Crippen LogP contribution in [0.1, 0.15) is 5.56 Å². The summed E-state index contributed by atoms with van der Waals surface area (Å²) in [4.78, 5) is 41.8. The second-order valence-electron chi connectivity index (χ2n) is 7.86. The third kappa shape index (κ3) is 6.50. The van der Waals surface area contributed by atoms with Crippen LogP contribution in [0.4, 0.5) is 5.69 Å². The highest BCUT2D eigenvalue weighted by molar-refractivity contribution is 7.94. The van der Waals surface area contributed by atoms with Crippen molar-refractivity contribution in [2.45, 2.75) is 9.79 Å². The minimum atomic E-state index is -4.46. The summed E-state index contributed by atoms with van der Waals surface area (Å²) in [6.07, 6.45) is 3.44. The van der Waals surface area contributed by atoms with Gasteiger partial charge in [0.1, 0.15) is 11.1 Å². The van der Waals surface area contributed by atoms with E-state index in [4.69, 9.17) is 29.7 Å². The number of amides is 2. The number of hydrogen-bond donors (Lipinski definition) is 5. The predicted octanol–water partition coefficient (Wildman–Crippen LogP) is 2.66. The Kier molecular flexibility index (Phi) is 8.95. The van der Waals surface area contributed by atoms with E-state index >= 15 is 0 Å². The molecule has 5 N–H and O–H groups in total. The van der Waals surface area contributed by atoms with E-state index in [1.54, 1.807) is 0 Å². The number of anilines is 1. The number of carbonyl (C=O) groups excluding carboxylic acids is 2. The molecule has 0 saturated carbocycles. The first-order chi connectivity index (χ1) is 19.4. The SMILES string of the molecule is O=C1NC(=S)N(c2ccc(SOOO)cc2)C(=O)/C1=C/C=C/c1c(O)n(-c2ccc(S(=O)(=O)O)cc2)c(=S)[nH]c1=O. The minimum absolute atomic E-state index is 0.162. The molecule has 0 radical (unpaired) electrons. The summed E-state index contributed by atoms with van der Waals surface area (Å²) in [7, 11) is -4.46. The molecule has 212 valence electrons. The number of thiocarbonyl (C=S) groups is 1. The van der Waals surface area contributed by atoms with Crippen molar-refractivity contribution in [3.05, 3.63) is 86.9 Å². The highest BCUT2D eigenvalue weighted by atomic mass is 32.2. The zero-order chi connectivity index (χ0) is 29.9. The van der Waals surface area contributed by atoms with E-state index < -0.39 is 38.3 Å². The molecule has 1 aliphatic rings. The van der Waals surface area contributed by atoms with Gasteiger partial charge in [0.2, 0.25) is 5.88 Å². The molecule has 0 spiro atoms. The molecule has 18 heteroatoms. The minimum Gasteiger partial charge on any atom is -0.494 e. The molecule has 41 heavy (non-hydrogen) atoms. The van der Waals surface area contributed by atoms with Gasteiger partial charge in [-0.25, -0.2) is 5.26 Å². The van der Waals surface area contributed by atoms with E-state index in [1.165, 1.54) is 42.5 Å². The van der Waals surface area contributed by atoms with Gasteiger partial charge in [0.05, 0.1) is 28.3 Å². The zero-order valence-corrected chi connectivity index (χ0v) is 23.3. The van der Waals surface area contributed by atoms with E-state index in [9.17, 15) is 32.5 Å². The number of benzene rings is 2. The Labute approximate surface area is 245 Å². The fraction of sp³-hybridized carbons (Fsp3) is 0. The third-order valence-corrected chi connectivity index (χ3v) is 7.43. The normalized spacial score (nSPS) is 15.1. The van der Waals surface area contributed by atoms with Crippen molar-refractivity contribution in [1.82, 2.24) is 14.9 Å². The molecule has 1 aromatic heterocycles. The van der Waals surface area contributed by atoms with Gasteiger partial charge in [-0.1, -0.05) is 11.1 Å². The lowest BCUT2D eigenvalue weighted by molar-refractivity contribution is -0.432. The Bertz CT molecular complexity index is 1830. The summed E-state index contributed by atoms with van der Waals surface area (Å²) in [5.74, 6) is -2.19. The van der Waals surface area contributed by atoms with Gasteiger partial charge in [-0.2, -0.15) is 8.42 Å². The van der Waals surface area contributed by atoms with Crippen molar-refractivity contribution in [3.63, 3.8) is 0 Å². The molecule has 2 amide bonds. The molecule has 0 aliphatic carbocycles. The largest absolute Gasteiger partial charge is 0.494 e. The number of H-pyrrole nitrogens is 1. The number of allylic oxidation sites excluding steroid dienone is 2. The maximum atomic E-state index is 13.2. The summed E-state index contributed by atoms with van der Waals surface area (Å²) in [6.45, 7) is 0. The Morgan fingerprint density at radius 3 is 2.22 bits per heavy atom. The van der Waals surface area contributed by atoms with Crippen LogP contribution in [0.25, 0.3) is 11.8 Å². The number of hydrogen-bond acceptors (Lipinski definition) is 12. The van der Waals surface area contributed by atoms with Crippen LogP contribution in [-0.4, -0.2) is 49.8 Å². The van der Waals surface area contributed by atoms with Gasteiger partial charge in [0, 0.05) is 4.90 Å². The second-order valence-corrected chi connectivity index (χ2v) is 10.8. The van der Waals surface area contributed by atoms with Gasteiger partial charge >= 0.3 is 0 Å². The molecular formula is C23H16N4O10S4. The summed E-state index contributed by atoms with van der Waals surface area (Å²) in [5, 5.41) is 24.8. The standard InChI is InChI=1S/C23H16N4O10S4/c28-18-16(20(30)26(22(38)24-18)12-4-8-14(9-5-12)40-37-36-32)2-1-3-17-19(29)25-23(39)27(21(17)31)13-6-10-15(11-7-13)41(33,34)35/h1-11,31-32H,(H,24,28,38)(H,25,29,39)(H,33,34,35)/b3-1+,16-2+. The smallest absolute Gasteiger partial charge is 0.294 e. The number of aromatic amines is 1. The number of nitrogens with one attached hydrogen (secondary N) is 2. The van der Waals surface area contributed by atoms with Gasteiger partial charge < -0.3 is 5.11 Å². The van der Waals surface area contributed by atoms with E-state index in [0.29, 0.717) is 22.6 Å². The predicted molar refractivity (Wildman–Crippen MR) is 151 cm³/mol. The van der Waals surface area contributed by atoms with Crippen LogP contribution < -0.4 is 15.8 Å². The van der Waals surface area contributed by atoms with Crippen LogP contribution in [0.15, 0.2) is 80.8 Å². The maximum Gasteiger partial charge on any atom is 0.294 e. The summed E-state index contributed by atoms with van der Waals surface area (Å²) < 4.78 is 37.0. The van der Waals surface area contributed by atoms with Crippen LogP contribution in [0.3, 0.4) is 0 Å². The van der Waals surface area contributed by atoms with Gasteiger partial charge in [-0.3, -0.25) is 38.7 Å². The van der Waals surface area contributed by atoms with Crippen molar-refractivity contribution in [3.8, 4) is 11.6 Å². The maximum absolute atomic E-state index is 13.2. The molecule has 1 aliphatic heterocycles. The van der Waals surface area contributed by atoms with Gasteiger partial charge in [-0.05, 0) is 85.1 Å². The molecule has 0 atom stereocenters. The van der Waals surface area contributed by atoms with Crippen molar-refractivity contribution >= 4 is 75.3 Å². The molecule has 1 fully saturated rings. The van der Waals surface area contributed by atoms with E-state index in [1.807, 2.05) is 0 Å². The summed E-state index contributed by atoms with van der Waals surface area (Å²) in [6, 6.07) is 10.7. The Hall–Kier alpha value is -4.01. The molecule has 0 bridgehead atoms. The first kappa shape index (κ1) is 30.0. The zero-order valence-electron chi connectivity index (χ0n) is 20.1. The molecule has 3 aromatic rings. The van der Waals surface area contributed by atoms with Crippen molar-refractivity contribution < 1.29 is 42.3 Å². The fourth-order valence-electron chi connectivity index (χ4n) is 3.55. The molecule has 2 heterocycles. The lowest BCUT2D eigenvalue weighted by atomic mass is 10.1. The topological polar surface area (TPSA) is 200 Å². The monoisotopic (exact) mass is 636 g/mol. The summed E-state index contributed by atoms with van der Waals surface area (Å²) in [5.41, 5.74) is -0.957. The van der Waals surface area contributed by atoms with Crippen LogP contribution >= 0.6 is 36.5 Å². The second kappa shape index (κ2) is 12.2. The van der Waals surface area contributed by atoms with Gasteiger partial charge in [0.25, 0.3) is 27.5 Å². The third-order valence-electron chi connectivity index (χ3n) is 5.40. The number of aromatic hydroxyl groups is 1. The molecule has 0 unspecified atom stereocenters. The lowest BCUT2D eigenvalue weighted by Gasteiger charge is -2.28. The van der Waals surface area contributed by atoms with E-state index in [2.05, 4.69) is 19.7 Å².